The van der Waals surface area contributed by atoms with Gasteiger partial charge in [-0.1, -0.05) is 0 Å². The number of benzene rings is 2. The zero-order valence-electron chi connectivity index (χ0n) is 21.1. The normalized spacial score (nSPS) is 11.8. The molecule has 2 aromatic carbocycles. The van der Waals surface area contributed by atoms with Crippen LogP contribution in [-0.4, -0.2) is 65.5 Å². The van der Waals surface area contributed by atoms with Crippen molar-refractivity contribution < 1.29 is 68.4 Å². The van der Waals surface area contributed by atoms with Gasteiger partial charge in [0.1, 0.15) is 40.5 Å². The summed E-state index contributed by atoms with van der Waals surface area (Å²) in [5.74, 6) is -12.6. The Morgan fingerprint density at radius 1 is 0.791 bits per heavy atom. The van der Waals surface area contributed by atoms with Crippen molar-refractivity contribution in [2.45, 2.75) is 18.0 Å². The van der Waals surface area contributed by atoms with Crippen LogP contribution in [0.4, 0.5) is 40.8 Å². The summed E-state index contributed by atoms with van der Waals surface area (Å²) in [4.78, 5) is 28.5. The van der Waals surface area contributed by atoms with Gasteiger partial charge < -0.3 is 29.0 Å². The van der Waals surface area contributed by atoms with Gasteiger partial charge in [0.2, 0.25) is 5.82 Å². The minimum absolute atomic E-state index is 0.240. The minimum atomic E-state index is -5.43. The minimum Gasteiger partial charge on any atom is -0.510 e. The van der Waals surface area contributed by atoms with E-state index >= 15 is 4.39 Å². The van der Waals surface area contributed by atoms with E-state index in [4.69, 9.17) is 33.0 Å². The number of nitrogens with zero attached hydrogens (tertiary/aromatic N) is 1. The van der Waals surface area contributed by atoms with E-state index in [0.717, 1.165) is 25.4 Å². The molecule has 20 heteroatoms. The fourth-order valence-corrected chi connectivity index (χ4v) is 3.15. The number of aromatic nitrogens is 1. The lowest BCUT2D eigenvalue weighted by atomic mass is 9.52. The van der Waals surface area contributed by atoms with Gasteiger partial charge in [-0.15, -0.1) is 26.3 Å². The maximum Gasteiger partial charge on any atom is 0.573 e. The zero-order chi connectivity index (χ0) is 32.3. The first kappa shape index (κ1) is 32.9. The van der Waals surface area contributed by atoms with Gasteiger partial charge in [0.25, 0.3) is 5.91 Å². The number of pyridine rings is 1. The van der Waals surface area contributed by atoms with E-state index < -0.39 is 75.8 Å². The smallest absolute Gasteiger partial charge is 0.510 e. The summed E-state index contributed by atoms with van der Waals surface area (Å²) in [6.07, 6.45) is -9.80. The van der Waals surface area contributed by atoms with Crippen molar-refractivity contribution >= 4 is 41.1 Å². The fraction of sp³-hybridized carbons (Fsp3) is 0.174. The Morgan fingerprint density at radius 2 is 1.33 bits per heavy atom. The Bertz CT molecular complexity index is 1530. The third-order valence-corrected chi connectivity index (χ3v) is 4.68. The van der Waals surface area contributed by atoms with Crippen LogP contribution in [0.5, 0.6) is 28.7 Å². The molecule has 43 heavy (non-hydrogen) atoms. The lowest BCUT2D eigenvalue weighted by molar-refractivity contribution is -0.276. The number of rotatable bonds is 9. The number of nitrogens with one attached hydrogen (secondary N) is 1. The molecule has 0 aliphatic carbocycles. The molecule has 0 spiro atoms. The van der Waals surface area contributed by atoms with Gasteiger partial charge in [0.15, 0.2) is 28.8 Å². The monoisotopic (exact) mass is 612 g/mol. The number of amides is 1. The van der Waals surface area contributed by atoms with E-state index in [2.05, 4.69) is 24.5 Å². The average molecular weight is 612 g/mol. The van der Waals surface area contributed by atoms with E-state index in [1.165, 1.54) is 0 Å². The zero-order valence-corrected chi connectivity index (χ0v) is 21.1. The Balaban J connectivity index is 2.14. The summed E-state index contributed by atoms with van der Waals surface area (Å²) < 4.78 is 129. The third kappa shape index (κ3) is 8.92. The number of hydrogen-bond acceptors (Lipinski definition) is 8. The molecule has 0 unspecified atom stereocenters. The van der Waals surface area contributed by atoms with Crippen LogP contribution >= 0.6 is 0 Å². The van der Waals surface area contributed by atoms with Crippen molar-refractivity contribution in [2.75, 3.05) is 12.4 Å². The van der Waals surface area contributed by atoms with Gasteiger partial charge in [-0.05, 0) is 41.7 Å². The van der Waals surface area contributed by atoms with E-state index in [9.17, 15) is 40.3 Å². The number of esters is 1. The van der Waals surface area contributed by atoms with Crippen molar-refractivity contribution in [1.82, 2.24) is 4.98 Å². The molecule has 6 radical (unpaired) electrons. The molecule has 1 aromatic heterocycles. The second-order valence-electron chi connectivity index (χ2n) is 7.98. The van der Waals surface area contributed by atoms with Gasteiger partial charge in [-0.25, -0.2) is 14.2 Å². The molecule has 0 fully saturated rings. The van der Waals surface area contributed by atoms with Crippen molar-refractivity contribution in [3.05, 3.63) is 65.5 Å². The first-order valence-corrected chi connectivity index (χ1v) is 11.0. The van der Waals surface area contributed by atoms with Crippen molar-refractivity contribution in [1.29, 1.82) is 0 Å². The Kier molecular flexibility index (Phi) is 9.41. The molecule has 3 rings (SSSR count). The number of methoxy groups -OCH3 is 1. The highest BCUT2D eigenvalue weighted by atomic mass is 19.4. The molecule has 220 valence electrons. The Labute approximate surface area is 239 Å². The SMILES string of the molecule is [B]C([B])([B])Oc1c(Oc2ccc(OC(F)(F)F)c(F)c2C(=O)Nc2ccnc(C(=O)OC)c2)ccc(OC(F)(F)F)c1F. The number of carbonyl (C=O) groups is 2. The maximum atomic E-state index is 15.3. The van der Waals surface area contributed by atoms with Crippen LogP contribution in [-0.2, 0) is 4.74 Å². The lowest BCUT2D eigenvalue weighted by Crippen LogP contribution is -2.38. The molecule has 9 nitrogen and oxygen atoms in total. The van der Waals surface area contributed by atoms with Crippen LogP contribution in [0.15, 0.2) is 42.6 Å². The van der Waals surface area contributed by atoms with Gasteiger partial charge in [0.05, 0.1) is 7.11 Å². The maximum absolute atomic E-state index is 15.3. The Hall–Kier alpha value is -4.64. The fourth-order valence-electron chi connectivity index (χ4n) is 3.15. The van der Waals surface area contributed by atoms with Crippen molar-refractivity contribution in [3.8, 4) is 28.7 Å². The highest BCUT2D eigenvalue weighted by molar-refractivity contribution is 6.58. The van der Waals surface area contributed by atoms with Crippen LogP contribution in [0.2, 0.25) is 0 Å². The van der Waals surface area contributed by atoms with E-state index in [0.29, 0.717) is 24.3 Å². The quantitative estimate of drug-likeness (QED) is 0.215. The lowest BCUT2D eigenvalue weighted by Gasteiger charge is -2.26. The largest absolute Gasteiger partial charge is 0.573 e. The molecule has 0 saturated heterocycles. The predicted molar refractivity (Wildman–Crippen MR) is 130 cm³/mol. The molecule has 0 aliphatic rings. The summed E-state index contributed by atoms with van der Waals surface area (Å²) in [5.41, 5.74) is -1.88. The molecule has 1 heterocycles. The number of anilines is 1. The summed E-state index contributed by atoms with van der Waals surface area (Å²) in [7, 11) is 16.8. The molecule has 0 bridgehead atoms. The summed E-state index contributed by atoms with van der Waals surface area (Å²) in [6.45, 7) is 0. The highest BCUT2D eigenvalue weighted by Gasteiger charge is 2.36. The van der Waals surface area contributed by atoms with Crippen molar-refractivity contribution in [2.24, 2.45) is 0 Å². The van der Waals surface area contributed by atoms with Gasteiger partial charge in [0, 0.05) is 11.9 Å². The van der Waals surface area contributed by atoms with E-state index in [-0.39, 0.29) is 11.4 Å². The van der Waals surface area contributed by atoms with Gasteiger partial charge in [-0.2, -0.15) is 4.39 Å². The summed E-state index contributed by atoms with van der Waals surface area (Å²) in [5, 5.41) is -0.680. The van der Waals surface area contributed by atoms with Crippen molar-refractivity contribution in [3.63, 3.8) is 0 Å². The molecule has 0 saturated carbocycles. The molecule has 0 atom stereocenters. The van der Waals surface area contributed by atoms with Crippen LogP contribution < -0.4 is 24.3 Å². The number of ether oxygens (including phenoxy) is 5. The number of halogens is 8. The highest BCUT2D eigenvalue weighted by Crippen LogP contribution is 2.43. The average Bonchev–Trinajstić information content (AvgIpc) is 2.87. The second-order valence-corrected chi connectivity index (χ2v) is 7.98. The summed E-state index contributed by atoms with van der Waals surface area (Å²) >= 11 is 0. The Morgan fingerprint density at radius 3 is 1.86 bits per heavy atom. The van der Waals surface area contributed by atoms with E-state index in [1.807, 2.05) is 0 Å². The number of alkyl halides is 6. The molecule has 0 aliphatic heterocycles. The molecule has 1 amide bonds. The van der Waals surface area contributed by atoms with Gasteiger partial charge in [-0.3, -0.25) is 4.79 Å². The molecule has 3 aromatic rings. The number of hydrogen-bond donors (Lipinski definition) is 1. The predicted octanol–water partition coefficient (Wildman–Crippen LogP) is 4.48. The topological polar surface area (TPSA) is 105 Å². The van der Waals surface area contributed by atoms with Crippen LogP contribution in [0.3, 0.4) is 0 Å². The van der Waals surface area contributed by atoms with Gasteiger partial charge >= 0.3 is 18.7 Å². The molecular weight excluding hydrogens is 601 g/mol. The number of carbonyl (C=O) groups excluding carboxylic acids is 2. The van der Waals surface area contributed by atoms with E-state index in [1.54, 1.807) is 0 Å². The first-order chi connectivity index (χ1) is 19.8. The molecular formula is C23H11B3F8N2O7. The van der Waals surface area contributed by atoms with Crippen LogP contribution in [0, 0.1) is 11.6 Å². The third-order valence-electron chi connectivity index (χ3n) is 4.68. The first-order valence-electron chi connectivity index (χ1n) is 11.0. The molecule has 1 N–H and O–H groups in total. The second kappa shape index (κ2) is 12.3. The summed E-state index contributed by atoms with van der Waals surface area (Å²) in [6, 6.07) is 3.93. The van der Waals surface area contributed by atoms with Crippen LogP contribution in [0.1, 0.15) is 20.8 Å². The standard InChI is InChI=1S/C23H11B3F8N2O7/c1-39-20(38)10-8-9(6-7-35-10)36-19(37)15-11(2-3-12(16(15)27)41-22(29,30)31)40-14-5-4-13(42-23(32,33)34)17(28)18(14)43-21(24,25)26/h2-8H,1H3,(H,35,36,37). The van der Waals surface area contributed by atoms with Crippen LogP contribution in [0.25, 0.3) is 0 Å².